The number of benzene rings is 1. The summed E-state index contributed by atoms with van der Waals surface area (Å²) in [6.07, 6.45) is -6.15. The zero-order chi connectivity index (χ0) is 15.6. The van der Waals surface area contributed by atoms with Crippen LogP contribution >= 0.6 is 0 Å². The number of aliphatic hydroxyl groups excluding tert-OH is 5. The molecule has 0 radical (unpaired) electrons. The van der Waals surface area contributed by atoms with Crippen LogP contribution in [0.5, 0.6) is 5.75 Å². The second-order valence-electron chi connectivity index (χ2n) is 5.24. The summed E-state index contributed by atoms with van der Waals surface area (Å²) in [4.78, 5) is 0. The summed E-state index contributed by atoms with van der Waals surface area (Å²) in [5.74, 6) is -0.833. The largest absolute Gasteiger partial charge is 0.508 e. The normalized spacial score (nSPS) is 34.6. The van der Waals surface area contributed by atoms with E-state index in [1.807, 2.05) is 0 Å². The number of rotatable bonds is 4. The van der Waals surface area contributed by atoms with Crippen LogP contribution in [0, 0.1) is 5.92 Å². The fourth-order valence-corrected chi connectivity index (χ4v) is 2.50. The minimum absolute atomic E-state index is 0.0394. The van der Waals surface area contributed by atoms with Crippen molar-refractivity contribution in [2.75, 3.05) is 6.61 Å². The molecule has 1 aromatic rings. The second kappa shape index (κ2) is 6.69. The predicted octanol–water partition coefficient (Wildman–Crippen LogP) is -1.14. The van der Waals surface area contributed by atoms with E-state index in [1.54, 1.807) is 0 Å². The minimum atomic E-state index is -1.40. The molecule has 1 aliphatic rings. The Morgan fingerprint density at radius 1 is 1.05 bits per heavy atom. The van der Waals surface area contributed by atoms with Crippen LogP contribution in [0.4, 0.5) is 0 Å². The van der Waals surface area contributed by atoms with Crippen molar-refractivity contribution in [1.29, 1.82) is 0 Å². The first kappa shape index (κ1) is 16.2. The van der Waals surface area contributed by atoms with Gasteiger partial charge in [0.2, 0.25) is 0 Å². The Morgan fingerprint density at radius 3 is 2.24 bits per heavy atom. The summed E-state index contributed by atoms with van der Waals surface area (Å²) in [7, 11) is 0. The van der Waals surface area contributed by atoms with Gasteiger partial charge in [-0.1, -0.05) is 12.1 Å². The zero-order valence-corrected chi connectivity index (χ0v) is 11.3. The third-order valence-corrected chi connectivity index (χ3v) is 3.80. The Kier molecular flexibility index (Phi) is 5.15. The van der Waals surface area contributed by atoms with Crippen LogP contribution in [0.2, 0.25) is 0 Å². The van der Waals surface area contributed by atoms with Gasteiger partial charge in [0.1, 0.15) is 18.0 Å². The fourth-order valence-electron chi connectivity index (χ4n) is 2.50. The number of aliphatic hydroxyl groups is 5. The van der Waals surface area contributed by atoms with Crippen molar-refractivity contribution in [1.82, 2.24) is 0 Å². The highest BCUT2D eigenvalue weighted by Crippen LogP contribution is 2.32. The molecule has 1 saturated heterocycles. The van der Waals surface area contributed by atoms with Crippen molar-refractivity contribution >= 4 is 0 Å². The molecule has 21 heavy (non-hydrogen) atoms. The lowest BCUT2D eigenvalue weighted by Gasteiger charge is -2.40. The van der Waals surface area contributed by atoms with E-state index < -0.39 is 43.2 Å². The zero-order valence-electron chi connectivity index (χ0n) is 11.3. The lowest BCUT2D eigenvalue weighted by Crippen LogP contribution is -2.55. The van der Waals surface area contributed by atoms with Gasteiger partial charge < -0.3 is 35.4 Å². The van der Waals surface area contributed by atoms with E-state index in [-0.39, 0.29) is 12.2 Å². The third kappa shape index (κ3) is 3.52. The van der Waals surface area contributed by atoms with Crippen LogP contribution in [-0.2, 0) is 4.74 Å². The Labute approximate surface area is 121 Å². The van der Waals surface area contributed by atoms with Gasteiger partial charge in [0.25, 0.3) is 0 Å². The van der Waals surface area contributed by atoms with E-state index in [2.05, 4.69) is 0 Å². The van der Waals surface area contributed by atoms with Crippen LogP contribution < -0.4 is 0 Å². The van der Waals surface area contributed by atoms with Crippen LogP contribution in [0.1, 0.15) is 18.1 Å². The number of aromatic hydroxyl groups is 1. The van der Waals surface area contributed by atoms with E-state index in [4.69, 9.17) is 9.84 Å². The van der Waals surface area contributed by atoms with Crippen molar-refractivity contribution in [3.63, 3.8) is 0 Å². The van der Waals surface area contributed by atoms with Gasteiger partial charge >= 0.3 is 0 Å². The first-order chi connectivity index (χ1) is 9.93. The molecule has 0 aromatic heterocycles. The fraction of sp³-hybridized carbons (Fsp3) is 0.571. The van der Waals surface area contributed by atoms with Gasteiger partial charge in [-0.25, -0.2) is 0 Å². The van der Waals surface area contributed by atoms with Gasteiger partial charge in [-0.15, -0.1) is 0 Å². The molecule has 2 rings (SSSR count). The molecule has 2 unspecified atom stereocenters. The van der Waals surface area contributed by atoms with Crippen LogP contribution in [-0.4, -0.2) is 61.8 Å². The maximum Gasteiger partial charge on any atom is 0.160 e. The molecule has 7 nitrogen and oxygen atoms in total. The lowest BCUT2D eigenvalue weighted by molar-refractivity contribution is -0.273. The molecular weight excluding hydrogens is 280 g/mol. The average molecular weight is 300 g/mol. The van der Waals surface area contributed by atoms with Crippen molar-refractivity contribution in [3.05, 3.63) is 29.8 Å². The van der Waals surface area contributed by atoms with Crippen molar-refractivity contribution in [3.8, 4) is 5.75 Å². The second-order valence-corrected chi connectivity index (χ2v) is 5.24. The topological polar surface area (TPSA) is 131 Å². The molecule has 0 spiro atoms. The quantitative estimate of drug-likeness (QED) is 0.414. The van der Waals surface area contributed by atoms with E-state index in [9.17, 15) is 25.5 Å². The van der Waals surface area contributed by atoms with Gasteiger partial charge in [-0.05, 0) is 24.1 Å². The molecule has 118 valence electrons. The van der Waals surface area contributed by atoms with Crippen molar-refractivity contribution < 1.29 is 35.4 Å². The summed E-state index contributed by atoms with van der Waals surface area (Å²) in [6, 6.07) is 5.88. The van der Waals surface area contributed by atoms with E-state index in [0.29, 0.717) is 5.56 Å². The maximum atomic E-state index is 10.1. The molecule has 1 aromatic carbocycles. The number of phenolic OH excluding ortho intramolecular Hbond substituents is 1. The van der Waals surface area contributed by atoms with Gasteiger partial charge in [0, 0.05) is 5.92 Å². The van der Waals surface area contributed by atoms with E-state index >= 15 is 0 Å². The number of ether oxygens (including phenoxy) is 1. The summed E-state index contributed by atoms with van der Waals surface area (Å²) in [5.41, 5.74) is 0.506. The Morgan fingerprint density at radius 2 is 1.67 bits per heavy atom. The summed E-state index contributed by atoms with van der Waals surface area (Å²) in [5, 5.41) is 57.9. The first-order valence-corrected chi connectivity index (χ1v) is 6.71. The van der Waals surface area contributed by atoms with Crippen molar-refractivity contribution in [2.45, 2.75) is 37.1 Å². The molecule has 0 bridgehead atoms. The monoisotopic (exact) mass is 300 g/mol. The summed E-state index contributed by atoms with van der Waals surface area (Å²) < 4.78 is 5.03. The highest BCUT2D eigenvalue weighted by atomic mass is 16.6. The lowest BCUT2D eigenvalue weighted by atomic mass is 9.85. The van der Waals surface area contributed by atoms with E-state index in [1.165, 1.54) is 24.3 Å². The van der Waals surface area contributed by atoms with Gasteiger partial charge in [0.05, 0.1) is 18.8 Å². The summed E-state index contributed by atoms with van der Waals surface area (Å²) in [6.45, 7) is -0.525. The van der Waals surface area contributed by atoms with Gasteiger partial charge in [0.15, 0.2) is 6.29 Å². The summed E-state index contributed by atoms with van der Waals surface area (Å²) >= 11 is 0. The maximum absolute atomic E-state index is 10.1. The Balaban J connectivity index is 2.05. The van der Waals surface area contributed by atoms with Crippen LogP contribution in [0.25, 0.3) is 0 Å². The predicted molar refractivity (Wildman–Crippen MR) is 71.2 cm³/mol. The third-order valence-electron chi connectivity index (χ3n) is 3.80. The highest BCUT2D eigenvalue weighted by Gasteiger charge is 2.44. The Hall–Kier alpha value is -1.22. The van der Waals surface area contributed by atoms with E-state index in [0.717, 1.165) is 0 Å². The van der Waals surface area contributed by atoms with Gasteiger partial charge in [-0.2, -0.15) is 0 Å². The molecule has 0 aliphatic carbocycles. The molecule has 6 atom stereocenters. The molecule has 1 aliphatic heterocycles. The van der Waals surface area contributed by atoms with Gasteiger partial charge in [-0.3, -0.25) is 0 Å². The Bertz CT molecular complexity index is 449. The number of hydrogen-bond donors (Lipinski definition) is 6. The molecular formula is C14H20O7. The molecule has 1 heterocycles. The molecule has 0 saturated carbocycles. The SMILES string of the molecule is OC[C@H]1OC(O)[C@H](CC(O)c2ccc(O)cc2)[C@@H](O)[C@H]1O. The molecule has 7 heteroatoms. The average Bonchev–Trinajstić information content (AvgIpc) is 2.47. The first-order valence-electron chi connectivity index (χ1n) is 6.71. The van der Waals surface area contributed by atoms with Crippen molar-refractivity contribution in [2.24, 2.45) is 5.92 Å². The van der Waals surface area contributed by atoms with Crippen LogP contribution in [0.15, 0.2) is 24.3 Å². The number of phenols is 1. The molecule has 1 fully saturated rings. The molecule has 0 amide bonds. The smallest absolute Gasteiger partial charge is 0.160 e. The minimum Gasteiger partial charge on any atom is -0.508 e. The standard InChI is InChI=1S/C14H20O7/c15-6-11-13(19)12(18)9(14(20)21-11)5-10(17)7-1-3-8(16)4-2-7/h1-4,9-20H,5-6H2/t9-,10?,11-,12-,13+,14?/m1/s1. The number of hydrogen-bond acceptors (Lipinski definition) is 7. The highest BCUT2D eigenvalue weighted by molar-refractivity contribution is 5.27. The molecule has 6 N–H and O–H groups in total. The van der Waals surface area contributed by atoms with Crippen LogP contribution in [0.3, 0.4) is 0 Å².